The van der Waals surface area contributed by atoms with E-state index in [-0.39, 0.29) is 12.5 Å². The van der Waals surface area contributed by atoms with Crippen LogP contribution in [0.15, 0.2) is 22.6 Å². The molecular formula is C13H15N3O4. The molecule has 0 saturated carbocycles. The standard InChI is InChI=1S/C13H15N3O4/c1-8-15-16-12(20-8)7-14-13(17)9-4-5-10(18-2)11(6-9)19-3/h4-6H,7H2,1-3H3,(H,14,17). The van der Waals surface area contributed by atoms with E-state index in [0.717, 1.165) is 0 Å². The van der Waals surface area contributed by atoms with Gasteiger partial charge in [-0.3, -0.25) is 4.79 Å². The Hall–Kier alpha value is -2.57. The number of rotatable bonds is 5. The van der Waals surface area contributed by atoms with Crippen molar-refractivity contribution < 1.29 is 18.7 Å². The summed E-state index contributed by atoms with van der Waals surface area (Å²) >= 11 is 0. The van der Waals surface area contributed by atoms with E-state index >= 15 is 0 Å². The van der Waals surface area contributed by atoms with Crippen molar-refractivity contribution in [1.29, 1.82) is 0 Å². The normalized spacial score (nSPS) is 10.2. The zero-order valence-electron chi connectivity index (χ0n) is 11.5. The second-order valence-corrected chi connectivity index (χ2v) is 3.97. The number of ether oxygens (including phenoxy) is 2. The van der Waals surface area contributed by atoms with Crippen LogP contribution in [0.4, 0.5) is 0 Å². The second-order valence-electron chi connectivity index (χ2n) is 3.97. The molecule has 106 valence electrons. The summed E-state index contributed by atoms with van der Waals surface area (Å²) in [6.07, 6.45) is 0. The van der Waals surface area contributed by atoms with E-state index in [1.807, 2.05) is 0 Å². The molecular weight excluding hydrogens is 262 g/mol. The number of aromatic nitrogens is 2. The first-order valence-corrected chi connectivity index (χ1v) is 5.93. The number of carbonyl (C=O) groups is 1. The van der Waals surface area contributed by atoms with Gasteiger partial charge in [-0.25, -0.2) is 0 Å². The molecule has 20 heavy (non-hydrogen) atoms. The second kappa shape index (κ2) is 6.05. The Balaban J connectivity index is 2.05. The fourth-order valence-corrected chi connectivity index (χ4v) is 1.64. The lowest BCUT2D eigenvalue weighted by Crippen LogP contribution is -2.23. The quantitative estimate of drug-likeness (QED) is 0.887. The number of aryl methyl sites for hydroxylation is 1. The van der Waals surface area contributed by atoms with Crippen molar-refractivity contribution in [2.24, 2.45) is 0 Å². The molecule has 0 saturated heterocycles. The zero-order chi connectivity index (χ0) is 14.5. The predicted octanol–water partition coefficient (Wildman–Crippen LogP) is 1.33. The van der Waals surface area contributed by atoms with Crippen LogP contribution in [0, 0.1) is 6.92 Å². The first kappa shape index (κ1) is 13.9. The van der Waals surface area contributed by atoms with E-state index in [1.165, 1.54) is 14.2 Å². The molecule has 1 aromatic heterocycles. The van der Waals surface area contributed by atoms with Crippen LogP contribution < -0.4 is 14.8 Å². The van der Waals surface area contributed by atoms with Gasteiger partial charge in [-0.2, -0.15) is 0 Å². The van der Waals surface area contributed by atoms with Gasteiger partial charge in [0.25, 0.3) is 5.91 Å². The molecule has 7 nitrogen and oxygen atoms in total. The Morgan fingerprint density at radius 2 is 2.00 bits per heavy atom. The van der Waals surface area contributed by atoms with Gasteiger partial charge in [-0.15, -0.1) is 10.2 Å². The Labute approximate surface area is 115 Å². The molecule has 7 heteroatoms. The third-order valence-electron chi connectivity index (χ3n) is 2.61. The average Bonchev–Trinajstić information content (AvgIpc) is 2.89. The SMILES string of the molecule is COc1ccc(C(=O)NCc2nnc(C)o2)cc1OC. The van der Waals surface area contributed by atoms with Gasteiger partial charge in [-0.1, -0.05) is 0 Å². The number of nitrogens with one attached hydrogen (secondary N) is 1. The van der Waals surface area contributed by atoms with E-state index in [2.05, 4.69) is 15.5 Å². The summed E-state index contributed by atoms with van der Waals surface area (Å²) in [7, 11) is 3.05. The molecule has 0 bridgehead atoms. The largest absolute Gasteiger partial charge is 0.493 e. The highest BCUT2D eigenvalue weighted by molar-refractivity contribution is 5.94. The van der Waals surface area contributed by atoms with Gasteiger partial charge in [0, 0.05) is 12.5 Å². The Morgan fingerprint density at radius 1 is 1.25 bits per heavy atom. The number of amides is 1. The smallest absolute Gasteiger partial charge is 0.251 e. The molecule has 0 fully saturated rings. The Kier molecular flexibility index (Phi) is 4.19. The molecule has 0 radical (unpaired) electrons. The van der Waals surface area contributed by atoms with E-state index in [1.54, 1.807) is 25.1 Å². The van der Waals surface area contributed by atoms with Gasteiger partial charge in [0.05, 0.1) is 20.8 Å². The topological polar surface area (TPSA) is 86.5 Å². The predicted molar refractivity (Wildman–Crippen MR) is 69.8 cm³/mol. The van der Waals surface area contributed by atoms with Crippen molar-refractivity contribution in [3.8, 4) is 11.5 Å². The van der Waals surface area contributed by atoms with Gasteiger partial charge in [0.1, 0.15) is 0 Å². The van der Waals surface area contributed by atoms with Crippen LogP contribution in [0.5, 0.6) is 11.5 Å². The highest BCUT2D eigenvalue weighted by Gasteiger charge is 2.11. The van der Waals surface area contributed by atoms with E-state index < -0.39 is 0 Å². The number of nitrogens with zero attached hydrogens (tertiary/aromatic N) is 2. The molecule has 0 aliphatic heterocycles. The van der Waals surface area contributed by atoms with Crippen LogP contribution in [0.1, 0.15) is 22.1 Å². The van der Waals surface area contributed by atoms with E-state index in [9.17, 15) is 4.79 Å². The summed E-state index contributed by atoms with van der Waals surface area (Å²) < 4.78 is 15.4. The molecule has 0 unspecified atom stereocenters. The maximum absolute atomic E-state index is 12.0. The summed E-state index contributed by atoms with van der Waals surface area (Å²) in [5.74, 6) is 1.61. The first-order valence-electron chi connectivity index (χ1n) is 5.93. The fraction of sp³-hybridized carbons (Fsp3) is 0.308. The van der Waals surface area contributed by atoms with Crippen LogP contribution >= 0.6 is 0 Å². The molecule has 2 rings (SSSR count). The van der Waals surface area contributed by atoms with E-state index in [0.29, 0.717) is 28.8 Å². The third kappa shape index (κ3) is 3.05. The number of methoxy groups -OCH3 is 2. The van der Waals surface area contributed by atoms with Crippen LogP contribution in [0.2, 0.25) is 0 Å². The van der Waals surface area contributed by atoms with Crippen molar-refractivity contribution in [1.82, 2.24) is 15.5 Å². The first-order chi connectivity index (χ1) is 9.63. The summed E-state index contributed by atoms with van der Waals surface area (Å²) in [5, 5.41) is 10.2. The highest BCUT2D eigenvalue weighted by atomic mass is 16.5. The van der Waals surface area contributed by atoms with Gasteiger partial charge in [0.15, 0.2) is 11.5 Å². The lowest BCUT2D eigenvalue weighted by atomic mass is 10.2. The molecule has 2 aromatic rings. The van der Waals surface area contributed by atoms with Crippen LogP contribution in [0.25, 0.3) is 0 Å². The van der Waals surface area contributed by atoms with Crippen molar-refractivity contribution in [3.63, 3.8) is 0 Å². The minimum Gasteiger partial charge on any atom is -0.493 e. The summed E-state index contributed by atoms with van der Waals surface area (Å²) in [4.78, 5) is 12.0. The maximum Gasteiger partial charge on any atom is 0.251 e. The molecule has 0 aliphatic rings. The van der Waals surface area contributed by atoms with Crippen LogP contribution in [-0.4, -0.2) is 30.3 Å². The Bertz CT molecular complexity index is 609. The summed E-state index contributed by atoms with van der Waals surface area (Å²) in [5.41, 5.74) is 0.457. The average molecular weight is 277 g/mol. The van der Waals surface area contributed by atoms with Crippen molar-refractivity contribution in [2.45, 2.75) is 13.5 Å². The van der Waals surface area contributed by atoms with Crippen LogP contribution in [0.3, 0.4) is 0 Å². The highest BCUT2D eigenvalue weighted by Crippen LogP contribution is 2.27. The monoisotopic (exact) mass is 277 g/mol. The molecule has 0 aliphatic carbocycles. The van der Waals surface area contributed by atoms with Crippen molar-refractivity contribution >= 4 is 5.91 Å². The minimum absolute atomic E-state index is 0.175. The number of carbonyl (C=O) groups excluding carboxylic acids is 1. The summed E-state index contributed by atoms with van der Waals surface area (Å²) in [6.45, 7) is 1.86. The molecule has 0 spiro atoms. The third-order valence-corrected chi connectivity index (χ3v) is 2.61. The van der Waals surface area contributed by atoms with E-state index in [4.69, 9.17) is 13.9 Å². The van der Waals surface area contributed by atoms with Gasteiger partial charge < -0.3 is 19.2 Å². The van der Waals surface area contributed by atoms with Crippen molar-refractivity contribution in [2.75, 3.05) is 14.2 Å². The molecule has 1 aromatic carbocycles. The lowest BCUT2D eigenvalue weighted by molar-refractivity contribution is 0.0946. The van der Waals surface area contributed by atoms with Gasteiger partial charge in [-0.05, 0) is 18.2 Å². The Morgan fingerprint density at radius 3 is 2.60 bits per heavy atom. The number of hydrogen-bond donors (Lipinski definition) is 1. The number of hydrogen-bond acceptors (Lipinski definition) is 6. The van der Waals surface area contributed by atoms with Gasteiger partial charge in [0.2, 0.25) is 11.8 Å². The fourth-order valence-electron chi connectivity index (χ4n) is 1.64. The van der Waals surface area contributed by atoms with Crippen molar-refractivity contribution in [3.05, 3.63) is 35.5 Å². The molecule has 0 atom stereocenters. The maximum atomic E-state index is 12.0. The minimum atomic E-state index is -0.262. The van der Waals surface area contributed by atoms with Gasteiger partial charge >= 0.3 is 0 Å². The molecule has 1 heterocycles. The van der Waals surface area contributed by atoms with Crippen LogP contribution in [-0.2, 0) is 6.54 Å². The molecule has 1 N–H and O–H groups in total. The molecule has 1 amide bonds. The summed E-state index contributed by atoms with van der Waals surface area (Å²) in [6, 6.07) is 4.92. The lowest BCUT2D eigenvalue weighted by Gasteiger charge is -2.09. The zero-order valence-corrected chi connectivity index (χ0v) is 11.5. The number of benzene rings is 1.